The van der Waals surface area contributed by atoms with Gasteiger partial charge in [0.1, 0.15) is 5.75 Å². The average molecular weight is 263 g/mol. The second-order valence-electron chi connectivity index (χ2n) is 3.74. The van der Waals surface area contributed by atoms with E-state index in [4.69, 9.17) is 0 Å². The molecule has 0 saturated heterocycles. The van der Waals surface area contributed by atoms with Gasteiger partial charge in [-0.1, -0.05) is 23.5 Å². The van der Waals surface area contributed by atoms with Crippen molar-refractivity contribution in [3.63, 3.8) is 0 Å². The Bertz CT molecular complexity index is 580. The summed E-state index contributed by atoms with van der Waals surface area (Å²) in [6.45, 7) is 2.09. The lowest BCUT2D eigenvalue weighted by Crippen LogP contribution is -2.21. The van der Waals surface area contributed by atoms with E-state index in [0.717, 1.165) is 16.9 Å². The van der Waals surface area contributed by atoms with Crippen LogP contribution in [0.2, 0.25) is 0 Å². The molecule has 18 heavy (non-hydrogen) atoms. The van der Waals surface area contributed by atoms with Crippen LogP contribution in [0.1, 0.15) is 20.9 Å². The molecule has 0 saturated carbocycles. The summed E-state index contributed by atoms with van der Waals surface area (Å²) in [4.78, 5) is 15.0. The minimum atomic E-state index is -1.21. The quantitative estimate of drug-likeness (QED) is 0.863. The molecule has 94 valence electrons. The number of nitrogens with one attached hydrogen (secondary N) is 1. The number of aromatic carboxylic acids is 1. The number of carboxylic acid groups (broad SMARTS) is 1. The van der Waals surface area contributed by atoms with E-state index in [1.54, 1.807) is 25.1 Å². The molecule has 2 aromatic rings. The van der Waals surface area contributed by atoms with Crippen LogP contribution < -0.4 is 10.4 Å². The highest BCUT2D eigenvalue weighted by atomic mass is 32.1. The number of hydrogen-bond donors (Lipinski definition) is 2. The fraction of sp³-hybridized carbons (Fsp3) is 0.167. The van der Waals surface area contributed by atoms with Gasteiger partial charge >= 0.3 is 0 Å². The third-order valence-electron chi connectivity index (χ3n) is 2.34. The van der Waals surface area contributed by atoms with E-state index in [2.05, 4.69) is 10.3 Å². The first kappa shape index (κ1) is 12.4. The molecule has 0 aliphatic heterocycles. The molecule has 0 aliphatic rings. The third-order valence-corrected chi connectivity index (χ3v) is 3.43. The monoisotopic (exact) mass is 263 g/mol. The van der Waals surface area contributed by atoms with Crippen molar-refractivity contribution in [2.75, 3.05) is 5.32 Å². The molecular formula is C12H11N2O3S-. The zero-order valence-corrected chi connectivity index (χ0v) is 10.5. The van der Waals surface area contributed by atoms with Gasteiger partial charge in [0.15, 0.2) is 5.13 Å². The fourth-order valence-electron chi connectivity index (χ4n) is 1.51. The van der Waals surface area contributed by atoms with Crippen molar-refractivity contribution in [3.05, 3.63) is 40.4 Å². The number of benzene rings is 1. The summed E-state index contributed by atoms with van der Waals surface area (Å²) >= 11 is 1.04. The number of carbonyl (C=O) groups excluding carboxylic acids is 1. The highest BCUT2D eigenvalue weighted by molar-refractivity contribution is 7.17. The number of aryl methyl sites for hydroxylation is 1. The molecule has 0 unspecified atom stereocenters. The molecule has 0 radical (unpaired) electrons. The van der Waals surface area contributed by atoms with E-state index < -0.39 is 5.97 Å². The van der Waals surface area contributed by atoms with Crippen LogP contribution in [-0.4, -0.2) is 16.1 Å². The lowest BCUT2D eigenvalue weighted by atomic mass is 10.2. The second-order valence-corrected chi connectivity index (χ2v) is 4.74. The Kier molecular flexibility index (Phi) is 3.47. The maximum Gasteiger partial charge on any atom is 0.183 e. The van der Waals surface area contributed by atoms with E-state index >= 15 is 0 Å². The van der Waals surface area contributed by atoms with Crippen LogP contribution in [0, 0.1) is 6.92 Å². The number of anilines is 1. The normalized spacial score (nSPS) is 10.3. The van der Waals surface area contributed by atoms with E-state index in [1.807, 2.05) is 6.07 Å². The van der Waals surface area contributed by atoms with E-state index in [0.29, 0.717) is 17.4 Å². The fourth-order valence-corrected chi connectivity index (χ4v) is 2.30. The van der Waals surface area contributed by atoms with Gasteiger partial charge in [-0.2, -0.15) is 0 Å². The number of carbonyl (C=O) groups is 1. The Labute approximate surface area is 108 Å². The number of phenols is 1. The number of phenolic OH excluding ortho intramolecular Hbond substituents is 1. The molecule has 1 aromatic carbocycles. The first-order valence-electron chi connectivity index (χ1n) is 5.27. The number of aromatic nitrogens is 1. The Morgan fingerprint density at radius 3 is 2.94 bits per heavy atom. The van der Waals surface area contributed by atoms with Crippen molar-refractivity contribution in [2.24, 2.45) is 0 Å². The van der Waals surface area contributed by atoms with Crippen molar-refractivity contribution in [2.45, 2.75) is 13.5 Å². The van der Waals surface area contributed by atoms with Crippen LogP contribution in [0.3, 0.4) is 0 Å². The third kappa shape index (κ3) is 2.78. The molecule has 2 rings (SSSR count). The maximum absolute atomic E-state index is 10.8. The van der Waals surface area contributed by atoms with Crippen molar-refractivity contribution in [1.29, 1.82) is 0 Å². The lowest BCUT2D eigenvalue weighted by molar-refractivity contribution is -0.254. The zero-order valence-electron chi connectivity index (χ0n) is 9.64. The summed E-state index contributed by atoms with van der Waals surface area (Å²) in [6.07, 6.45) is 0. The standard InChI is InChI=1S/C12H12N2O3S/c1-7-10(11(16)17)18-12(14-7)13-6-8-3-2-4-9(15)5-8/h2-5,15H,6H2,1H3,(H,13,14)(H,16,17)/p-1. The van der Waals surface area contributed by atoms with Crippen LogP contribution in [0.25, 0.3) is 0 Å². The van der Waals surface area contributed by atoms with Crippen LogP contribution in [0.4, 0.5) is 5.13 Å². The van der Waals surface area contributed by atoms with Gasteiger partial charge in [0, 0.05) is 6.54 Å². The number of thiazole rings is 1. The predicted octanol–water partition coefficient (Wildman–Crippen LogP) is 1.13. The molecule has 5 nitrogen and oxygen atoms in total. The van der Waals surface area contributed by atoms with Gasteiger partial charge in [-0.3, -0.25) is 0 Å². The number of rotatable bonds is 4. The van der Waals surface area contributed by atoms with E-state index in [-0.39, 0.29) is 10.6 Å². The Balaban J connectivity index is 2.06. The van der Waals surface area contributed by atoms with Gasteiger partial charge in [0.05, 0.1) is 16.5 Å². The topological polar surface area (TPSA) is 85.3 Å². The zero-order chi connectivity index (χ0) is 13.1. The summed E-state index contributed by atoms with van der Waals surface area (Å²) < 4.78 is 0. The van der Waals surface area contributed by atoms with Crippen LogP contribution >= 0.6 is 11.3 Å². The summed E-state index contributed by atoms with van der Waals surface area (Å²) in [5.41, 5.74) is 1.33. The van der Waals surface area contributed by atoms with Gasteiger partial charge in [-0.05, 0) is 24.6 Å². The molecule has 0 bridgehead atoms. The lowest BCUT2D eigenvalue weighted by Gasteiger charge is -2.03. The molecule has 1 heterocycles. The van der Waals surface area contributed by atoms with Crippen LogP contribution in [0.5, 0.6) is 5.75 Å². The second kappa shape index (κ2) is 5.05. The molecule has 0 atom stereocenters. The highest BCUT2D eigenvalue weighted by Gasteiger charge is 2.07. The van der Waals surface area contributed by atoms with Crippen LogP contribution in [0.15, 0.2) is 24.3 Å². The van der Waals surface area contributed by atoms with Gasteiger partial charge in [0.25, 0.3) is 0 Å². The van der Waals surface area contributed by atoms with E-state index in [1.165, 1.54) is 0 Å². The smallest absolute Gasteiger partial charge is 0.183 e. The first-order valence-corrected chi connectivity index (χ1v) is 6.08. The molecular weight excluding hydrogens is 252 g/mol. The molecule has 0 amide bonds. The van der Waals surface area contributed by atoms with Gasteiger partial charge < -0.3 is 20.3 Å². The summed E-state index contributed by atoms with van der Waals surface area (Å²) in [5, 5.41) is 23.6. The SMILES string of the molecule is Cc1nc(NCc2cccc(O)c2)sc1C(=O)[O-]. The average Bonchev–Trinajstić information content (AvgIpc) is 2.68. The number of nitrogens with zero attached hydrogens (tertiary/aromatic N) is 1. The molecule has 0 fully saturated rings. The van der Waals surface area contributed by atoms with Crippen molar-refractivity contribution >= 4 is 22.4 Å². The highest BCUT2D eigenvalue weighted by Crippen LogP contribution is 2.22. The molecule has 6 heteroatoms. The van der Waals surface area contributed by atoms with Crippen molar-refractivity contribution in [1.82, 2.24) is 4.98 Å². The number of carboxylic acids is 1. The van der Waals surface area contributed by atoms with E-state index in [9.17, 15) is 15.0 Å². The maximum atomic E-state index is 10.8. The molecule has 0 aliphatic carbocycles. The summed E-state index contributed by atoms with van der Waals surface area (Å²) in [6, 6.07) is 6.82. The molecule has 2 N–H and O–H groups in total. The Morgan fingerprint density at radius 2 is 2.33 bits per heavy atom. The number of hydrogen-bond acceptors (Lipinski definition) is 6. The predicted molar refractivity (Wildman–Crippen MR) is 66.6 cm³/mol. The van der Waals surface area contributed by atoms with Gasteiger partial charge in [-0.15, -0.1) is 0 Å². The minimum Gasteiger partial charge on any atom is -0.544 e. The molecule has 0 spiro atoms. The van der Waals surface area contributed by atoms with Crippen molar-refractivity contribution in [3.8, 4) is 5.75 Å². The summed E-state index contributed by atoms with van der Waals surface area (Å²) in [7, 11) is 0. The van der Waals surface area contributed by atoms with Crippen LogP contribution in [-0.2, 0) is 6.54 Å². The summed E-state index contributed by atoms with van der Waals surface area (Å²) in [5.74, 6) is -1.02. The molecule has 1 aromatic heterocycles. The largest absolute Gasteiger partial charge is 0.544 e. The number of aromatic hydroxyl groups is 1. The minimum absolute atomic E-state index is 0.133. The Hall–Kier alpha value is -2.08. The van der Waals surface area contributed by atoms with Gasteiger partial charge in [-0.25, -0.2) is 4.98 Å². The Morgan fingerprint density at radius 1 is 1.56 bits per heavy atom. The first-order chi connectivity index (χ1) is 8.56. The van der Waals surface area contributed by atoms with Gasteiger partial charge in [0.2, 0.25) is 0 Å². The van der Waals surface area contributed by atoms with Crippen molar-refractivity contribution < 1.29 is 15.0 Å².